The summed E-state index contributed by atoms with van der Waals surface area (Å²) in [6.07, 6.45) is 0. The van der Waals surface area contributed by atoms with Crippen molar-refractivity contribution in [3.8, 4) is 17.1 Å². The third-order valence-corrected chi connectivity index (χ3v) is 4.37. The zero-order chi connectivity index (χ0) is 18.1. The molecule has 4 rings (SSSR count). The molecule has 0 aliphatic rings. The van der Waals surface area contributed by atoms with E-state index in [2.05, 4.69) is 20.5 Å². The Morgan fingerprint density at radius 3 is 2.46 bits per heavy atom. The number of hydrogen-bond acceptors (Lipinski definition) is 4. The van der Waals surface area contributed by atoms with Crippen molar-refractivity contribution in [1.29, 1.82) is 0 Å². The lowest BCUT2D eigenvalue weighted by Crippen LogP contribution is -2.05. The molecule has 0 spiro atoms. The van der Waals surface area contributed by atoms with Crippen LogP contribution in [0.3, 0.4) is 0 Å². The van der Waals surface area contributed by atoms with Crippen LogP contribution in [-0.2, 0) is 6.54 Å². The van der Waals surface area contributed by atoms with Crippen molar-refractivity contribution in [2.45, 2.75) is 13.5 Å². The van der Waals surface area contributed by atoms with Gasteiger partial charge in [0.05, 0.1) is 17.9 Å². The number of hydrogen-bond donors (Lipinski definition) is 0. The Labute approximate surface area is 153 Å². The maximum absolute atomic E-state index is 13.0. The first-order chi connectivity index (χ1) is 12.6. The number of aryl methyl sites for hydroxylation is 1. The molecule has 4 aromatic rings. The second-order valence-corrected chi connectivity index (χ2v) is 6.11. The highest BCUT2D eigenvalue weighted by Gasteiger charge is 2.16. The quantitative estimate of drug-likeness (QED) is 0.551. The summed E-state index contributed by atoms with van der Waals surface area (Å²) < 4.78 is 14.7. The minimum atomic E-state index is -0.308. The number of aromatic nitrogens is 6. The SMILES string of the molecule is Cc1nn(-c2ccccc2)c(Cl)c1Cn1nnc(-c2ccc(F)cc2)n1. The number of tetrazole rings is 1. The maximum Gasteiger partial charge on any atom is 0.204 e. The molecule has 2 heterocycles. The van der Waals surface area contributed by atoms with Gasteiger partial charge in [0.15, 0.2) is 0 Å². The standard InChI is InChI=1S/C18H14ClFN6/c1-12-16(17(19)26(22-12)15-5-3-2-4-6-15)11-25-23-18(21-24-25)13-7-9-14(20)10-8-13/h2-10H,11H2,1H3. The highest BCUT2D eigenvalue weighted by atomic mass is 35.5. The van der Waals surface area contributed by atoms with Gasteiger partial charge in [0.1, 0.15) is 11.0 Å². The second kappa shape index (κ2) is 6.68. The molecule has 0 fully saturated rings. The molecule has 6 nitrogen and oxygen atoms in total. The van der Waals surface area contributed by atoms with Crippen molar-refractivity contribution in [2.24, 2.45) is 0 Å². The molecule has 0 bridgehead atoms. The summed E-state index contributed by atoms with van der Waals surface area (Å²) >= 11 is 6.52. The zero-order valence-electron chi connectivity index (χ0n) is 13.8. The van der Waals surface area contributed by atoms with Gasteiger partial charge in [0.2, 0.25) is 5.82 Å². The molecular formula is C18H14ClFN6. The van der Waals surface area contributed by atoms with Crippen molar-refractivity contribution < 1.29 is 4.39 Å². The molecule has 8 heteroatoms. The number of para-hydroxylation sites is 1. The first-order valence-electron chi connectivity index (χ1n) is 7.95. The van der Waals surface area contributed by atoms with Crippen LogP contribution in [0.4, 0.5) is 4.39 Å². The van der Waals surface area contributed by atoms with Crippen LogP contribution in [0.2, 0.25) is 5.15 Å². The summed E-state index contributed by atoms with van der Waals surface area (Å²) in [7, 11) is 0. The second-order valence-electron chi connectivity index (χ2n) is 5.75. The minimum absolute atomic E-state index is 0.308. The van der Waals surface area contributed by atoms with Crippen molar-refractivity contribution in [2.75, 3.05) is 0 Å². The molecule has 0 saturated heterocycles. The molecule has 0 saturated carbocycles. The summed E-state index contributed by atoms with van der Waals surface area (Å²) in [4.78, 5) is 1.45. The van der Waals surface area contributed by atoms with Gasteiger partial charge in [-0.25, -0.2) is 9.07 Å². The number of halogens is 2. The first-order valence-corrected chi connectivity index (χ1v) is 8.33. The van der Waals surface area contributed by atoms with Gasteiger partial charge < -0.3 is 0 Å². The molecule has 26 heavy (non-hydrogen) atoms. The van der Waals surface area contributed by atoms with E-state index in [1.807, 2.05) is 37.3 Å². The molecule has 2 aromatic heterocycles. The smallest absolute Gasteiger partial charge is 0.204 e. The van der Waals surface area contributed by atoms with Crippen molar-refractivity contribution in [1.82, 2.24) is 30.0 Å². The average molecular weight is 369 g/mol. The van der Waals surface area contributed by atoms with Crippen LogP contribution in [0.1, 0.15) is 11.3 Å². The van der Waals surface area contributed by atoms with Crippen molar-refractivity contribution >= 4 is 11.6 Å². The highest BCUT2D eigenvalue weighted by molar-refractivity contribution is 6.30. The van der Waals surface area contributed by atoms with E-state index in [4.69, 9.17) is 11.6 Å². The Hall–Kier alpha value is -3.06. The van der Waals surface area contributed by atoms with Crippen LogP contribution < -0.4 is 0 Å². The third kappa shape index (κ3) is 3.09. The normalized spacial score (nSPS) is 11.0. The van der Waals surface area contributed by atoms with Gasteiger partial charge in [-0.15, -0.1) is 10.2 Å². The van der Waals surface area contributed by atoms with E-state index in [1.165, 1.54) is 16.9 Å². The predicted octanol–water partition coefficient (Wildman–Crippen LogP) is 3.68. The Kier molecular flexibility index (Phi) is 4.22. The van der Waals surface area contributed by atoms with Gasteiger partial charge in [-0.05, 0) is 48.5 Å². The van der Waals surface area contributed by atoms with E-state index in [9.17, 15) is 4.39 Å². The van der Waals surface area contributed by atoms with Crippen molar-refractivity contribution in [3.63, 3.8) is 0 Å². The fourth-order valence-electron chi connectivity index (χ4n) is 2.62. The molecule has 0 amide bonds. The molecule has 0 atom stereocenters. The number of benzene rings is 2. The van der Waals surface area contributed by atoms with Crippen LogP contribution in [0, 0.1) is 12.7 Å². The summed E-state index contributed by atoms with van der Waals surface area (Å²) in [6, 6.07) is 15.6. The van der Waals surface area contributed by atoms with E-state index < -0.39 is 0 Å². The molecule has 0 aliphatic carbocycles. The third-order valence-electron chi connectivity index (χ3n) is 3.98. The average Bonchev–Trinajstić information content (AvgIpc) is 3.23. The van der Waals surface area contributed by atoms with Gasteiger partial charge in [-0.2, -0.15) is 9.90 Å². The topological polar surface area (TPSA) is 61.4 Å². The molecule has 2 aromatic carbocycles. The molecule has 0 N–H and O–H groups in total. The van der Waals surface area contributed by atoms with Gasteiger partial charge in [-0.1, -0.05) is 29.8 Å². The molecular weight excluding hydrogens is 355 g/mol. The number of nitrogens with zero attached hydrogens (tertiary/aromatic N) is 6. The largest absolute Gasteiger partial charge is 0.222 e. The maximum atomic E-state index is 13.0. The Bertz CT molecular complexity index is 1040. The van der Waals surface area contributed by atoms with E-state index in [1.54, 1.807) is 16.8 Å². The summed E-state index contributed by atoms with van der Waals surface area (Å²) in [5, 5.41) is 17.4. The summed E-state index contributed by atoms with van der Waals surface area (Å²) in [5.41, 5.74) is 3.18. The van der Waals surface area contributed by atoms with E-state index in [0.29, 0.717) is 23.1 Å². The van der Waals surface area contributed by atoms with Crippen molar-refractivity contribution in [3.05, 3.63) is 76.8 Å². The Balaban J connectivity index is 1.62. The lowest BCUT2D eigenvalue weighted by Gasteiger charge is -2.03. The van der Waals surface area contributed by atoms with E-state index >= 15 is 0 Å². The molecule has 130 valence electrons. The van der Waals surface area contributed by atoms with E-state index in [-0.39, 0.29) is 5.82 Å². The van der Waals surface area contributed by atoms with Gasteiger partial charge in [0, 0.05) is 11.1 Å². The van der Waals surface area contributed by atoms with E-state index in [0.717, 1.165) is 16.9 Å². The van der Waals surface area contributed by atoms with Crippen LogP contribution in [0.25, 0.3) is 17.1 Å². The van der Waals surface area contributed by atoms with Gasteiger partial charge in [-0.3, -0.25) is 0 Å². The van der Waals surface area contributed by atoms with Crippen LogP contribution in [0.15, 0.2) is 54.6 Å². The highest BCUT2D eigenvalue weighted by Crippen LogP contribution is 2.24. The first kappa shape index (κ1) is 16.4. The zero-order valence-corrected chi connectivity index (χ0v) is 14.6. The minimum Gasteiger partial charge on any atom is -0.222 e. The fraction of sp³-hybridized carbons (Fsp3) is 0.111. The van der Waals surface area contributed by atoms with Crippen LogP contribution in [0.5, 0.6) is 0 Å². The van der Waals surface area contributed by atoms with Crippen LogP contribution >= 0.6 is 11.6 Å². The van der Waals surface area contributed by atoms with Crippen LogP contribution in [-0.4, -0.2) is 30.0 Å². The van der Waals surface area contributed by atoms with Gasteiger partial charge in [0.25, 0.3) is 0 Å². The Morgan fingerprint density at radius 1 is 1.00 bits per heavy atom. The fourth-order valence-corrected chi connectivity index (χ4v) is 2.95. The lowest BCUT2D eigenvalue weighted by atomic mass is 10.2. The molecule has 0 aliphatic heterocycles. The predicted molar refractivity (Wildman–Crippen MR) is 95.6 cm³/mol. The van der Waals surface area contributed by atoms with Gasteiger partial charge >= 0.3 is 0 Å². The summed E-state index contributed by atoms with van der Waals surface area (Å²) in [5.74, 6) is 0.117. The number of rotatable bonds is 4. The molecule has 0 radical (unpaired) electrons. The monoisotopic (exact) mass is 368 g/mol. The summed E-state index contributed by atoms with van der Waals surface area (Å²) in [6.45, 7) is 2.23. The lowest BCUT2D eigenvalue weighted by molar-refractivity contribution is 0.571. The Morgan fingerprint density at radius 2 is 1.73 bits per heavy atom. The molecule has 0 unspecified atom stereocenters.